The lowest BCUT2D eigenvalue weighted by atomic mass is 9.98. The van der Waals surface area contributed by atoms with E-state index in [-0.39, 0.29) is 17.0 Å². The zero-order valence-electron chi connectivity index (χ0n) is 13.1. The molecule has 3 rings (SSSR count). The lowest BCUT2D eigenvalue weighted by Crippen LogP contribution is -2.06. The summed E-state index contributed by atoms with van der Waals surface area (Å²) in [5.41, 5.74) is 1.08. The Morgan fingerprint density at radius 3 is 1.72 bits per heavy atom. The highest BCUT2D eigenvalue weighted by atomic mass is 16.6. The number of benzene rings is 3. The van der Waals surface area contributed by atoms with Crippen LogP contribution in [0.2, 0.25) is 0 Å². The molecule has 0 radical (unpaired) electrons. The number of ketones is 2. The van der Waals surface area contributed by atoms with E-state index in [0.717, 1.165) is 0 Å². The molecule has 0 fully saturated rings. The summed E-state index contributed by atoms with van der Waals surface area (Å²) in [6.07, 6.45) is 0. The van der Waals surface area contributed by atoms with Gasteiger partial charge in [0.05, 0.1) is 4.92 Å². The monoisotopic (exact) mass is 331 g/mol. The number of rotatable bonds is 5. The Morgan fingerprint density at radius 2 is 1.12 bits per heavy atom. The third-order valence-electron chi connectivity index (χ3n) is 3.79. The second kappa shape index (κ2) is 6.88. The van der Waals surface area contributed by atoms with Crippen molar-refractivity contribution < 1.29 is 14.5 Å². The first-order valence-electron chi connectivity index (χ1n) is 7.56. The van der Waals surface area contributed by atoms with Crippen LogP contribution in [0, 0.1) is 10.1 Å². The van der Waals surface area contributed by atoms with Crippen LogP contribution in [0.15, 0.2) is 78.9 Å². The Morgan fingerprint density at radius 1 is 0.640 bits per heavy atom. The van der Waals surface area contributed by atoms with E-state index in [2.05, 4.69) is 0 Å². The van der Waals surface area contributed by atoms with Crippen LogP contribution in [0.25, 0.3) is 0 Å². The molecule has 0 bridgehead atoms. The van der Waals surface area contributed by atoms with Crippen molar-refractivity contribution in [2.75, 3.05) is 0 Å². The van der Waals surface area contributed by atoms with Crippen LogP contribution in [-0.2, 0) is 0 Å². The minimum Gasteiger partial charge on any atom is -0.289 e. The summed E-state index contributed by atoms with van der Waals surface area (Å²) in [5.74, 6) is -0.601. The van der Waals surface area contributed by atoms with E-state index in [1.54, 1.807) is 42.5 Å². The molecule has 0 atom stereocenters. The normalized spacial score (nSPS) is 10.2. The molecule has 0 aromatic heterocycles. The van der Waals surface area contributed by atoms with Gasteiger partial charge >= 0.3 is 0 Å². The van der Waals surface area contributed by atoms with Gasteiger partial charge in [0.15, 0.2) is 11.6 Å². The number of carbonyl (C=O) groups is 2. The third kappa shape index (κ3) is 3.35. The molecule has 5 nitrogen and oxygen atoms in total. The largest absolute Gasteiger partial charge is 0.289 e. The van der Waals surface area contributed by atoms with Crippen molar-refractivity contribution in [2.45, 2.75) is 0 Å². The molecule has 25 heavy (non-hydrogen) atoms. The number of para-hydroxylation sites is 1. The summed E-state index contributed by atoms with van der Waals surface area (Å²) in [5, 5.41) is 11.1. The van der Waals surface area contributed by atoms with E-state index in [0.29, 0.717) is 16.7 Å². The second-order valence-electron chi connectivity index (χ2n) is 5.38. The summed E-state index contributed by atoms with van der Waals surface area (Å²) in [4.78, 5) is 35.4. The van der Waals surface area contributed by atoms with Crippen molar-refractivity contribution in [1.82, 2.24) is 0 Å². The molecule has 3 aromatic carbocycles. The maximum Gasteiger partial charge on any atom is 0.280 e. The maximum atomic E-state index is 12.5. The van der Waals surface area contributed by atoms with E-state index < -0.39 is 10.7 Å². The highest BCUT2D eigenvalue weighted by molar-refractivity contribution is 6.13. The number of nitrogens with zero attached hydrogens (tertiary/aromatic N) is 1. The summed E-state index contributed by atoms with van der Waals surface area (Å²) >= 11 is 0. The van der Waals surface area contributed by atoms with Crippen LogP contribution in [0.3, 0.4) is 0 Å². The smallest absolute Gasteiger partial charge is 0.280 e. The average molecular weight is 331 g/mol. The molecule has 0 N–H and O–H groups in total. The first-order valence-corrected chi connectivity index (χ1v) is 7.56. The van der Waals surface area contributed by atoms with Gasteiger partial charge in [-0.1, -0.05) is 66.7 Å². The molecule has 0 saturated heterocycles. The molecule has 0 heterocycles. The fourth-order valence-corrected chi connectivity index (χ4v) is 2.51. The second-order valence-corrected chi connectivity index (χ2v) is 5.38. The molecule has 0 saturated carbocycles. The molecule has 0 spiro atoms. The topological polar surface area (TPSA) is 77.3 Å². The van der Waals surface area contributed by atoms with E-state index in [1.165, 1.54) is 30.3 Å². The molecular formula is C20H13NO4. The Balaban J connectivity index is 1.89. The zero-order chi connectivity index (χ0) is 17.8. The molecule has 5 heteroatoms. The highest BCUT2D eigenvalue weighted by Crippen LogP contribution is 2.22. The van der Waals surface area contributed by atoms with E-state index in [4.69, 9.17) is 0 Å². The Kier molecular flexibility index (Phi) is 4.48. The summed E-state index contributed by atoms with van der Waals surface area (Å²) < 4.78 is 0. The average Bonchev–Trinajstić information content (AvgIpc) is 2.67. The number of hydrogen-bond acceptors (Lipinski definition) is 4. The molecule has 3 aromatic rings. The minimum absolute atomic E-state index is 0.0228. The van der Waals surface area contributed by atoms with Crippen LogP contribution in [0.1, 0.15) is 31.8 Å². The van der Waals surface area contributed by atoms with Gasteiger partial charge in [-0.2, -0.15) is 0 Å². The Labute approximate surface area is 143 Å². The quantitative estimate of drug-likeness (QED) is 0.401. The number of nitro benzene ring substituents is 1. The van der Waals surface area contributed by atoms with Gasteiger partial charge in [0.1, 0.15) is 5.56 Å². The Hall–Kier alpha value is -3.60. The summed E-state index contributed by atoms with van der Waals surface area (Å²) in [7, 11) is 0. The van der Waals surface area contributed by atoms with E-state index in [9.17, 15) is 19.7 Å². The fourth-order valence-electron chi connectivity index (χ4n) is 2.51. The van der Waals surface area contributed by atoms with E-state index in [1.807, 2.05) is 6.07 Å². The molecule has 122 valence electrons. The predicted octanol–water partition coefficient (Wildman–Crippen LogP) is 4.06. The maximum absolute atomic E-state index is 12.5. The molecule has 0 aliphatic rings. The van der Waals surface area contributed by atoms with Crippen molar-refractivity contribution in [2.24, 2.45) is 0 Å². The van der Waals surface area contributed by atoms with Crippen LogP contribution in [0.5, 0.6) is 0 Å². The van der Waals surface area contributed by atoms with Crippen molar-refractivity contribution >= 4 is 17.3 Å². The van der Waals surface area contributed by atoms with Crippen molar-refractivity contribution in [3.63, 3.8) is 0 Å². The zero-order valence-corrected chi connectivity index (χ0v) is 13.1. The standard InChI is InChI=1S/C20H13NO4/c22-19(14-6-2-1-3-7-14)15-10-12-16(13-11-15)20(23)17-8-4-5-9-18(17)21(24)25/h1-13H. The van der Waals surface area contributed by atoms with Gasteiger partial charge in [-0.25, -0.2) is 0 Å². The predicted molar refractivity (Wildman–Crippen MR) is 92.8 cm³/mol. The third-order valence-corrected chi connectivity index (χ3v) is 3.79. The van der Waals surface area contributed by atoms with Gasteiger partial charge in [0.25, 0.3) is 5.69 Å². The Bertz CT molecular complexity index is 947. The van der Waals surface area contributed by atoms with E-state index >= 15 is 0 Å². The molecule has 0 unspecified atom stereocenters. The van der Waals surface area contributed by atoms with Gasteiger partial charge in [-0.05, 0) is 6.07 Å². The van der Waals surface area contributed by atoms with Gasteiger partial charge < -0.3 is 0 Å². The molecule has 0 amide bonds. The molecular weight excluding hydrogens is 318 g/mol. The van der Waals surface area contributed by atoms with Crippen molar-refractivity contribution in [3.05, 3.63) is 111 Å². The summed E-state index contributed by atoms with van der Waals surface area (Å²) in [6.45, 7) is 0. The van der Waals surface area contributed by atoms with Gasteiger partial charge in [0.2, 0.25) is 0 Å². The lowest BCUT2D eigenvalue weighted by molar-refractivity contribution is -0.385. The first-order chi connectivity index (χ1) is 12.1. The minimum atomic E-state index is -0.583. The van der Waals surface area contributed by atoms with Gasteiger partial charge in [-0.15, -0.1) is 0 Å². The first kappa shape index (κ1) is 16.3. The SMILES string of the molecule is O=C(c1ccccc1)c1ccc(C(=O)c2ccccc2[N+](=O)[O-])cc1. The summed E-state index contributed by atoms with van der Waals surface area (Å²) in [6, 6.07) is 20.7. The highest BCUT2D eigenvalue weighted by Gasteiger charge is 2.20. The van der Waals surface area contributed by atoms with Crippen LogP contribution in [0.4, 0.5) is 5.69 Å². The molecule has 0 aliphatic heterocycles. The fraction of sp³-hybridized carbons (Fsp3) is 0. The van der Waals surface area contributed by atoms with Crippen molar-refractivity contribution in [1.29, 1.82) is 0 Å². The van der Waals surface area contributed by atoms with Crippen LogP contribution in [-0.4, -0.2) is 16.5 Å². The number of carbonyl (C=O) groups excluding carboxylic acids is 2. The lowest BCUT2D eigenvalue weighted by Gasteiger charge is -2.05. The van der Waals surface area contributed by atoms with Gasteiger partial charge in [0, 0.05) is 22.8 Å². The number of hydrogen-bond donors (Lipinski definition) is 0. The molecule has 0 aliphatic carbocycles. The van der Waals surface area contributed by atoms with Crippen LogP contribution >= 0.6 is 0 Å². The number of nitro groups is 1. The van der Waals surface area contributed by atoms with Gasteiger partial charge in [-0.3, -0.25) is 19.7 Å². The van der Waals surface area contributed by atoms with Crippen molar-refractivity contribution in [3.8, 4) is 0 Å². The van der Waals surface area contributed by atoms with Crippen LogP contribution < -0.4 is 0 Å².